The fourth-order valence-electron chi connectivity index (χ4n) is 6.11. The summed E-state index contributed by atoms with van der Waals surface area (Å²) in [5.41, 5.74) is 0. The molecule has 45 heavy (non-hydrogen) atoms. The minimum absolute atomic E-state index is 0.207. The number of nitrogens with zero attached hydrogens (tertiary/aromatic N) is 1. The number of ketones is 2. The second-order valence-corrected chi connectivity index (χ2v) is 15.0. The van der Waals surface area contributed by atoms with Gasteiger partial charge < -0.3 is 4.48 Å². The molecule has 0 aliphatic heterocycles. The highest BCUT2D eigenvalue weighted by atomic mass is 16.1. The molecule has 0 radical (unpaired) electrons. The van der Waals surface area contributed by atoms with E-state index in [0.29, 0.717) is 19.3 Å². The second-order valence-electron chi connectivity index (χ2n) is 15.0. The van der Waals surface area contributed by atoms with Crippen LogP contribution < -0.4 is 0 Å². The van der Waals surface area contributed by atoms with Crippen LogP contribution in [-0.4, -0.2) is 43.7 Å². The molecule has 0 heterocycles. The van der Waals surface area contributed by atoms with Gasteiger partial charge in [0.2, 0.25) is 0 Å². The van der Waals surface area contributed by atoms with Crippen molar-refractivity contribution < 1.29 is 14.1 Å². The van der Waals surface area contributed by atoms with Gasteiger partial charge in [-0.3, -0.25) is 9.59 Å². The highest BCUT2D eigenvalue weighted by molar-refractivity contribution is 6.02. The first-order valence-electron chi connectivity index (χ1n) is 20.0. The summed E-state index contributed by atoms with van der Waals surface area (Å²) in [5, 5.41) is 0. The van der Waals surface area contributed by atoms with E-state index in [4.69, 9.17) is 0 Å². The molecule has 0 bridgehead atoms. The highest BCUT2D eigenvalue weighted by Gasteiger charge is 2.27. The van der Waals surface area contributed by atoms with Crippen molar-refractivity contribution in [3.63, 3.8) is 0 Å². The molecule has 0 aromatic rings. The Hall–Kier alpha value is -1.22. The van der Waals surface area contributed by atoms with Crippen LogP contribution in [0.3, 0.4) is 0 Å². The highest BCUT2D eigenvalue weighted by Crippen LogP contribution is 2.19. The molecular weight excluding hydrogens is 550 g/mol. The van der Waals surface area contributed by atoms with Crippen LogP contribution in [0.4, 0.5) is 0 Å². The van der Waals surface area contributed by atoms with E-state index in [2.05, 4.69) is 59.3 Å². The summed E-state index contributed by atoms with van der Waals surface area (Å²) in [5.74, 6) is 0.0357. The van der Waals surface area contributed by atoms with Crippen molar-refractivity contribution in [2.45, 2.75) is 200 Å². The van der Waals surface area contributed by atoms with Crippen LogP contribution in [0.25, 0.3) is 0 Å². The van der Waals surface area contributed by atoms with Gasteiger partial charge in [-0.2, -0.15) is 0 Å². The second kappa shape index (κ2) is 32.7. The van der Waals surface area contributed by atoms with Gasteiger partial charge in [-0.1, -0.05) is 141 Å². The maximum absolute atomic E-state index is 13.2. The number of rotatable bonds is 35. The maximum Gasteiger partial charge on any atom is 0.143 e. The molecule has 264 valence electrons. The molecule has 0 saturated carbocycles. The lowest BCUT2D eigenvalue weighted by molar-refractivity contribution is -0.870. The number of hydrogen-bond donors (Lipinski definition) is 0. The number of hydrogen-bond acceptors (Lipinski definition) is 2. The molecule has 0 N–H and O–H groups in total. The van der Waals surface area contributed by atoms with Crippen LogP contribution in [0.1, 0.15) is 200 Å². The third-order valence-electron chi connectivity index (χ3n) is 9.24. The quantitative estimate of drug-likeness (QED) is 0.0302. The predicted octanol–water partition coefficient (Wildman–Crippen LogP) is 12.9. The Morgan fingerprint density at radius 3 is 1.04 bits per heavy atom. The Kier molecular flexibility index (Phi) is 31.8. The molecule has 3 heteroatoms. The zero-order chi connectivity index (χ0) is 33.3. The van der Waals surface area contributed by atoms with Crippen molar-refractivity contribution in [2.24, 2.45) is 5.92 Å². The Morgan fingerprint density at radius 1 is 0.444 bits per heavy atom. The van der Waals surface area contributed by atoms with Crippen LogP contribution in [0.5, 0.6) is 0 Å². The number of allylic oxidation sites excluding steroid dienone is 4. The minimum atomic E-state index is -0.379. The molecule has 0 spiro atoms. The van der Waals surface area contributed by atoms with E-state index in [0.717, 1.165) is 36.7 Å². The Balaban J connectivity index is 4.04. The predicted molar refractivity (Wildman–Crippen MR) is 200 cm³/mol. The Bertz CT molecular complexity index is 665. The summed E-state index contributed by atoms with van der Waals surface area (Å²) in [6, 6.07) is 0. The number of carbonyl (C=O) groups is 2. The standard InChI is InChI=1S/C42H80NO2/c1-6-8-10-12-14-16-18-20-22-24-26-28-30-32-34-36-41(44)40(38-39-43(3,4)5)42(45)37-35-33-31-29-27-25-23-21-19-17-15-13-11-9-7-2/h20-23,40H,6-19,24-39H2,1-5H3/q+1/b22-20-,23-21-. The molecule has 0 rings (SSSR count). The van der Waals surface area contributed by atoms with Crippen LogP contribution in [0.15, 0.2) is 24.3 Å². The first kappa shape index (κ1) is 43.8. The molecule has 0 atom stereocenters. The summed E-state index contributed by atoms with van der Waals surface area (Å²) >= 11 is 0. The zero-order valence-corrected chi connectivity index (χ0v) is 31.4. The van der Waals surface area contributed by atoms with Gasteiger partial charge in [0.15, 0.2) is 0 Å². The molecule has 0 aliphatic carbocycles. The van der Waals surface area contributed by atoms with Crippen LogP contribution >= 0.6 is 0 Å². The van der Waals surface area contributed by atoms with Gasteiger partial charge in [-0.25, -0.2) is 0 Å². The number of Topliss-reactive ketones (excluding diaryl/α,β-unsaturated/α-hetero) is 2. The first-order valence-corrected chi connectivity index (χ1v) is 20.0. The van der Waals surface area contributed by atoms with Gasteiger partial charge in [0.1, 0.15) is 11.6 Å². The van der Waals surface area contributed by atoms with Gasteiger partial charge in [0, 0.05) is 19.3 Å². The maximum atomic E-state index is 13.2. The molecule has 0 fully saturated rings. The number of unbranched alkanes of at least 4 members (excludes halogenated alkanes) is 22. The first-order chi connectivity index (χ1) is 21.8. The fraction of sp³-hybridized carbons (Fsp3) is 0.857. The smallest absolute Gasteiger partial charge is 0.143 e. The molecule has 0 saturated heterocycles. The average Bonchev–Trinajstić information content (AvgIpc) is 3.00. The Labute approximate surface area is 283 Å². The Morgan fingerprint density at radius 2 is 0.733 bits per heavy atom. The lowest BCUT2D eigenvalue weighted by Crippen LogP contribution is -2.38. The van der Waals surface area contributed by atoms with Gasteiger partial charge >= 0.3 is 0 Å². The third kappa shape index (κ3) is 32.5. The molecular formula is C42H80NO2+. The lowest BCUT2D eigenvalue weighted by atomic mass is 9.88. The number of quaternary nitrogens is 1. The van der Waals surface area contributed by atoms with Crippen molar-refractivity contribution in [2.75, 3.05) is 27.7 Å². The molecule has 3 nitrogen and oxygen atoms in total. The van der Waals surface area contributed by atoms with E-state index in [-0.39, 0.29) is 17.5 Å². The monoisotopic (exact) mass is 631 g/mol. The van der Waals surface area contributed by atoms with E-state index in [1.807, 2.05) is 0 Å². The van der Waals surface area contributed by atoms with Crippen molar-refractivity contribution in [3.8, 4) is 0 Å². The van der Waals surface area contributed by atoms with Crippen molar-refractivity contribution in [1.29, 1.82) is 0 Å². The molecule has 0 aliphatic rings. The average molecular weight is 631 g/mol. The minimum Gasteiger partial charge on any atom is -0.331 e. The van der Waals surface area contributed by atoms with Gasteiger partial charge in [-0.05, 0) is 64.2 Å². The summed E-state index contributed by atoms with van der Waals surface area (Å²) in [7, 11) is 6.46. The fourth-order valence-corrected chi connectivity index (χ4v) is 6.11. The van der Waals surface area contributed by atoms with Crippen molar-refractivity contribution in [3.05, 3.63) is 24.3 Å². The zero-order valence-electron chi connectivity index (χ0n) is 31.4. The molecule has 0 aromatic heterocycles. The lowest BCUT2D eigenvalue weighted by Gasteiger charge is -2.26. The SMILES string of the molecule is CCCCCCCC/C=C\CCCCCCCC(=O)C(CC[N+](C)(C)C)C(=O)CCCCCCC/C=C\CCCCCCCC. The summed E-state index contributed by atoms with van der Waals surface area (Å²) in [6.07, 6.45) is 44.1. The van der Waals surface area contributed by atoms with Gasteiger partial charge in [0.05, 0.1) is 33.6 Å². The van der Waals surface area contributed by atoms with E-state index in [9.17, 15) is 9.59 Å². The van der Waals surface area contributed by atoms with Crippen molar-refractivity contribution in [1.82, 2.24) is 0 Å². The molecule has 0 aromatic carbocycles. The van der Waals surface area contributed by atoms with E-state index in [1.165, 1.54) is 141 Å². The van der Waals surface area contributed by atoms with E-state index in [1.54, 1.807) is 0 Å². The van der Waals surface area contributed by atoms with Gasteiger partial charge in [-0.15, -0.1) is 0 Å². The summed E-state index contributed by atoms with van der Waals surface area (Å²) in [4.78, 5) is 26.3. The van der Waals surface area contributed by atoms with Crippen LogP contribution in [0, 0.1) is 5.92 Å². The summed E-state index contributed by atoms with van der Waals surface area (Å²) < 4.78 is 0.803. The normalized spacial score (nSPS) is 12.3. The summed E-state index contributed by atoms with van der Waals surface area (Å²) in [6.45, 7) is 5.42. The third-order valence-corrected chi connectivity index (χ3v) is 9.24. The molecule has 0 unspecified atom stereocenters. The van der Waals surface area contributed by atoms with Crippen LogP contribution in [0.2, 0.25) is 0 Å². The molecule has 0 amide bonds. The van der Waals surface area contributed by atoms with Crippen molar-refractivity contribution >= 4 is 11.6 Å². The number of carbonyl (C=O) groups excluding carboxylic acids is 2. The van der Waals surface area contributed by atoms with E-state index >= 15 is 0 Å². The van der Waals surface area contributed by atoms with Gasteiger partial charge in [0.25, 0.3) is 0 Å². The van der Waals surface area contributed by atoms with Crippen LogP contribution in [-0.2, 0) is 9.59 Å². The van der Waals surface area contributed by atoms with E-state index < -0.39 is 0 Å². The largest absolute Gasteiger partial charge is 0.331 e. The topological polar surface area (TPSA) is 34.1 Å².